The van der Waals surface area contributed by atoms with Crippen molar-refractivity contribution in [2.24, 2.45) is 0 Å². The maximum atomic E-state index is 12.9. The first-order valence-electron chi connectivity index (χ1n) is 8.56. The average molecular weight is 339 g/mol. The second-order valence-electron chi connectivity index (χ2n) is 6.23. The molecular weight excluding hydrogens is 317 g/mol. The fourth-order valence-electron chi connectivity index (χ4n) is 3.03. The van der Waals surface area contributed by atoms with Gasteiger partial charge in [0.1, 0.15) is 17.2 Å². The van der Waals surface area contributed by atoms with Gasteiger partial charge in [-0.2, -0.15) is 0 Å². The minimum absolute atomic E-state index is 0.0664. The fraction of sp³-hybridized carbons (Fsp3) is 0.286. The van der Waals surface area contributed by atoms with Crippen LogP contribution in [0.2, 0.25) is 0 Å². The molecule has 0 aliphatic heterocycles. The lowest BCUT2D eigenvalue weighted by atomic mass is 10.1. The van der Waals surface area contributed by atoms with Gasteiger partial charge < -0.3 is 9.32 Å². The molecule has 130 valence electrons. The first-order valence-corrected chi connectivity index (χ1v) is 8.56. The van der Waals surface area contributed by atoms with E-state index in [2.05, 4.69) is 6.92 Å². The Balaban J connectivity index is 1.68. The van der Waals surface area contributed by atoms with Gasteiger partial charge in [0.25, 0.3) is 0 Å². The van der Waals surface area contributed by atoms with Crippen molar-refractivity contribution >= 4 is 16.9 Å². The average Bonchev–Trinajstić information content (AvgIpc) is 2.98. The minimum Gasteiger partial charge on any atom is -0.461 e. The van der Waals surface area contributed by atoms with E-state index in [1.54, 1.807) is 17.0 Å². The predicted octanol–water partition coefficient (Wildman–Crippen LogP) is 4.73. The number of carbonyl (C=O) groups excluding carboxylic acids is 1. The molecule has 0 aliphatic rings. The Kier molecular flexibility index (Phi) is 5.17. The molecular formula is C21H22FNO2. The summed E-state index contributed by atoms with van der Waals surface area (Å²) < 4.78 is 18.8. The maximum absolute atomic E-state index is 12.9. The van der Waals surface area contributed by atoms with E-state index in [-0.39, 0.29) is 11.7 Å². The summed E-state index contributed by atoms with van der Waals surface area (Å²) in [7, 11) is 1.81. The zero-order chi connectivity index (χ0) is 17.8. The number of nitrogens with zero attached hydrogens (tertiary/aromatic N) is 1. The molecule has 0 unspecified atom stereocenters. The summed E-state index contributed by atoms with van der Waals surface area (Å²) >= 11 is 0. The summed E-state index contributed by atoms with van der Waals surface area (Å²) in [5.41, 5.74) is 2.91. The van der Waals surface area contributed by atoms with Crippen molar-refractivity contribution in [3.05, 3.63) is 71.2 Å². The highest BCUT2D eigenvalue weighted by atomic mass is 19.1. The standard InChI is InChI=1S/C21H22FNO2/c1-3-19-18(17-6-4-5-7-20(17)25-19)14-23(2)21(24)13-10-15-8-11-16(22)12-9-15/h4-9,11-12H,3,10,13-14H2,1-2H3. The van der Waals surface area contributed by atoms with Crippen LogP contribution in [0.5, 0.6) is 0 Å². The van der Waals surface area contributed by atoms with Gasteiger partial charge >= 0.3 is 0 Å². The zero-order valence-electron chi connectivity index (χ0n) is 14.6. The summed E-state index contributed by atoms with van der Waals surface area (Å²) in [4.78, 5) is 14.2. The topological polar surface area (TPSA) is 33.5 Å². The molecule has 0 atom stereocenters. The van der Waals surface area contributed by atoms with E-state index < -0.39 is 0 Å². The summed E-state index contributed by atoms with van der Waals surface area (Å²) in [5, 5.41) is 1.07. The quantitative estimate of drug-likeness (QED) is 0.651. The van der Waals surface area contributed by atoms with E-state index in [4.69, 9.17) is 4.42 Å². The number of carbonyl (C=O) groups is 1. The molecule has 3 aromatic rings. The number of rotatable bonds is 6. The van der Waals surface area contributed by atoms with Crippen LogP contribution in [0.4, 0.5) is 4.39 Å². The van der Waals surface area contributed by atoms with Crippen LogP contribution >= 0.6 is 0 Å². The van der Waals surface area contributed by atoms with Gasteiger partial charge in [-0.05, 0) is 30.2 Å². The van der Waals surface area contributed by atoms with Gasteiger partial charge in [-0.1, -0.05) is 37.3 Å². The van der Waals surface area contributed by atoms with Gasteiger partial charge in [0.15, 0.2) is 0 Å². The zero-order valence-corrected chi connectivity index (χ0v) is 14.6. The number of aryl methyl sites for hydroxylation is 2. The van der Waals surface area contributed by atoms with Gasteiger partial charge in [-0.15, -0.1) is 0 Å². The smallest absolute Gasteiger partial charge is 0.222 e. The third-order valence-electron chi connectivity index (χ3n) is 4.46. The van der Waals surface area contributed by atoms with Crippen LogP contribution < -0.4 is 0 Å². The third-order valence-corrected chi connectivity index (χ3v) is 4.46. The molecule has 4 heteroatoms. The summed E-state index contributed by atoms with van der Waals surface area (Å²) in [5.74, 6) is 0.738. The molecule has 2 aromatic carbocycles. The monoisotopic (exact) mass is 339 g/mol. The van der Waals surface area contributed by atoms with E-state index in [1.165, 1.54) is 12.1 Å². The highest BCUT2D eigenvalue weighted by Gasteiger charge is 2.17. The third kappa shape index (κ3) is 3.90. The van der Waals surface area contributed by atoms with E-state index in [0.717, 1.165) is 34.3 Å². The molecule has 3 nitrogen and oxygen atoms in total. The number of fused-ring (bicyclic) bond motifs is 1. The van der Waals surface area contributed by atoms with E-state index in [1.807, 2.05) is 31.3 Å². The molecule has 0 saturated heterocycles. The molecule has 0 bridgehead atoms. The number of hydrogen-bond acceptors (Lipinski definition) is 2. The molecule has 25 heavy (non-hydrogen) atoms. The molecule has 1 amide bonds. The molecule has 3 rings (SSSR count). The number of para-hydroxylation sites is 1. The Bertz CT molecular complexity index is 867. The number of amides is 1. The highest BCUT2D eigenvalue weighted by molar-refractivity contribution is 5.83. The summed E-state index contributed by atoms with van der Waals surface area (Å²) in [6.45, 7) is 2.58. The Morgan fingerprint density at radius 2 is 1.84 bits per heavy atom. The normalized spacial score (nSPS) is 11.0. The molecule has 1 heterocycles. The van der Waals surface area contributed by atoms with Crippen molar-refractivity contribution in [1.29, 1.82) is 0 Å². The number of hydrogen-bond donors (Lipinski definition) is 0. The van der Waals surface area contributed by atoms with Gasteiger partial charge in [0, 0.05) is 37.4 Å². The number of benzene rings is 2. The number of furan rings is 1. The predicted molar refractivity (Wildman–Crippen MR) is 96.8 cm³/mol. The van der Waals surface area contributed by atoms with Crippen molar-refractivity contribution in [2.75, 3.05) is 7.05 Å². The van der Waals surface area contributed by atoms with Gasteiger partial charge in [-0.3, -0.25) is 4.79 Å². The second-order valence-corrected chi connectivity index (χ2v) is 6.23. The van der Waals surface area contributed by atoms with Crippen LogP contribution in [-0.4, -0.2) is 17.9 Å². The highest BCUT2D eigenvalue weighted by Crippen LogP contribution is 2.27. The molecule has 0 fully saturated rings. The van der Waals surface area contributed by atoms with Crippen LogP contribution in [0.3, 0.4) is 0 Å². The number of halogens is 1. The lowest BCUT2D eigenvalue weighted by molar-refractivity contribution is -0.130. The maximum Gasteiger partial charge on any atom is 0.222 e. The summed E-state index contributed by atoms with van der Waals surface area (Å²) in [6.07, 6.45) is 1.80. The van der Waals surface area contributed by atoms with Crippen LogP contribution in [0, 0.1) is 5.82 Å². The van der Waals surface area contributed by atoms with Crippen LogP contribution in [0.25, 0.3) is 11.0 Å². The van der Waals surface area contributed by atoms with E-state index >= 15 is 0 Å². The van der Waals surface area contributed by atoms with Gasteiger partial charge in [0.05, 0.1) is 0 Å². The lowest BCUT2D eigenvalue weighted by Gasteiger charge is -2.17. The molecule has 0 spiro atoms. The van der Waals surface area contributed by atoms with Crippen molar-refractivity contribution in [3.8, 4) is 0 Å². The molecule has 1 aromatic heterocycles. The van der Waals surface area contributed by atoms with Gasteiger partial charge in [-0.25, -0.2) is 4.39 Å². The molecule has 0 N–H and O–H groups in total. The van der Waals surface area contributed by atoms with Gasteiger partial charge in [0.2, 0.25) is 5.91 Å². The van der Waals surface area contributed by atoms with Crippen molar-refractivity contribution in [1.82, 2.24) is 4.90 Å². The van der Waals surface area contributed by atoms with Crippen molar-refractivity contribution < 1.29 is 13.6 Å². The lowest BCUT2D eigenvalue weighted by Crippen LogP contribution is -2.26. The van der Waals surface area contributed by atoms with Crippen molar-refractivity contribution in [3.63, 3.8) is 0 Å². The molecule has 0 saturated carbocycles. The Morgan fingerprint density at radius 3 is 2.56 bits per heavy atom. The minimum atomic E-state index is -0.258. The van der Waals surface area contributed by atoms with Crippen LogP contribution in [0.15, 0.2) is 52.9 Å². The molecule has 0 aliphatic carbocycles. The first-order chi connectivity index (χ1) is 12.1. The first kappa shape index (κ1) is 17.2. The largest absolute Gasteiger partial charge is 0.461 e. The summed E-state index contributed by atoms with van der Waals surface area (Å²) in [6, 6.07) is 14.2. The SMILES string of the molecule is CCc1oc2ccccc2c1CN(C)C(=O)CCc1ccc(F)cc1. The fourth-order valence-corrected chi connectivity index (χ4v) is 3.03. The Morgan fingerprint density at radius 1 is 1.12 bits per heavy atom. The van der Waals surface area contributed by atoms with Crippen LogP contribution in [-0.2, 0) is 24.2 Å². The van der Waals surface area contributed by atoms with Crippen LogP contribution in [0.1, 0.15) is 30.2 Å². The Labute approximate surface area is 147 Å². The van der Waals surface area contributed by atoms with E-state index in [9.17, 15) is 9.18 Å². The van der Waals surface area contributed by atoms with E-state index in [0.29, 0.717) is 19.4 Å². The van der Waals surface area contributed by atoms with Crippen molar-refractivity contribution in [2.45, 2.75) is 32.7 Å². The second kappa shape index (κ2) is 7.51. The Hall–Kier alpha value is -2.62. The molecule has 0 radical (unpaired) electrons.